The first kappa shape index (κ1) is 7.15. The van der Waals surface area contributed by atoms with Crippen LogP contribution in [0.15, 0.2) is 0 Å². The Labute approximate surface area is 65.2 Å². The zero-order valence-corrected chi connectivity index (χ0v) is 7.02. The Hall–Kier alpha value is 0.0400. The van der Waals surface area contributed by atoms with Crippen molar-refractivity contribution in [3.05, 3.63) is 0 Å². The Morgan fingerprint density at radius 3 is 2.78 bits per heavy atom. The van der Waals surface area contributed by atoms with Gasteiger partial charge in [0, 0.05) is 11.2 Å². The SMILES string of the molecule is C#CCC1CCC(Br)C1. The minimum absolute atomic E-state index is 0.746. The molecule has 0 heterocycles. The van der Waals surface area contributed by atoms with Gasteiger partial charge in [-0.1, -0.05) is 15.9 Å². The van der Waals surface area contributed by atoms with Crippen LogP contribution in [0.1, 0.15) is 25.7 Å². The highest BCUT2D eigenvalue weighted by atomic mass is 79.9. The fourth-order valence-electron chi connectivity index (χ4n) is 1.37. The number of hydrogen-bond donors (Lipinski definition) is 0. The van der Waals surface area contributed by atoms with E-state index in [1.807, 2.05) is 0 Å². The number of alkyl halides is 1. The van der Waals surface area contributed by atoms with Gasteiger partial charge in [-0.25, -0.2) is 0 Å². The Balaban J connectivity index is 2.24. The second-order valence-corrected chi connectivity index (χ2v) is 3.98. The molecule has 1 rings (SSSR count). The van der Waals surface area contributed by atoms with Crippen molar-refractivity contribution in [3.63, 3.8) is 0 Å². The van der Waals surface area contributed by atoms with Gasteiger partial charge in [-0.2, -0.15) is 0 Å². The quantitative estimate of drug-likeness (QED) is 0.437. The Morgan fingerprint density at radius 1 is 1.56 bits per heavy atom. The topological polar surface area (TPSA) is 0 Å². The molecule has 0 bridgehead atoms. The van der Waals surface area contributed by atoms with E-state index in [4.69, 9.17) is 6.42 Å². The van der Waals surface area contributed by atoms with E-state index in [0.717, 1.165) is 17.2 Å². The van der Waals surface area contributed by atoms with E-state index < -0.39 is 0 Å². The van der Waals surface area contributed by atoms with E-state index in [2.05, 4.69) is 21.9 Å². The molecule has 2 atom stereocenters. The van der Waals surface area contributed by atoms with E-state index in [0.29, 0.717) is 0 Å². The highest BCUT2D eigenvalue weighted by Crippen LogP contribution is 2.32. The van der Waals surface area contributed by atoms with Crippen LogP contribution in [0.3, 0.4) is 0 Å². The van der Waals surface area contributed by atoms with Crippen molar-refractivity contribution in [3.8, 4) is 12.3 Å². The lowest BCUT2D eigenvalue weighted by molar-refractivity contribution is 0.569. The van der Waals surface area contributed by atoms with Crippen molar-refractivity contribution >= 4 is 15.9 Å². The predicted molar refractivity (Wildman–Crippen MR) is 43.5 cm³/mol. The molecule has 0 saturated heterocycles. The third-order valence-electron chi connectivity index (χ3n) is 1.88. The predicted octanol–water partition coefficient (Wildman–Crippen LogP) is 2.57. The van der Waals surface area contributed by atoms with Crippen LogP contribution >= 0.6 is 15.9 Å². The van der Waals surface area contributed by atoms with Crippen molar-refractivity contribution in [2.24, 2.45) is 5.92 Å². The molecule has 0 spiro atoms. The van der Waals surface area contributed by atoms with Crippen LogP contribution in [0.5, 0.6) is 0 Å². The van der Waals surface area contributed by atoms with Gasteiger partial charge in [-0.3, -0.25) is 0 Å². The third-order valence-corrected chi connectivity index (χ3v) is 2.72. The van der Waals surface area contributed by atoms with E-state index in [1.54, 1.807) is 0 Å². The zero-order chi connectivity index (χ0) is 6.69. The van der Waals surface area contributed by atoms with Crippen LogP contribution in [-0.4, -0.2) is 4.83 Å². The molecule has 9 heavy (non-hydrogen) atoms. The van der Waals surface area contributed by atoms with Crippen molar-refractivity contribution in [1.82, 2.24) is 0 Å². The van der Waals surface area contributed by atoms with Gasteiger partial charge in [0.15, 0.2) is 0 Å². The summed E-state index contributed by atoms with van der Waals surface area (Å²) in [6.45, 7) is 0. The maximum absolute atomic E-state index is 5.19. The van der Waals surface area contributed by atoms with Gasteiger partial charge in [-0.15, -0.1) is 12.3 Å². The smallest absolute Gasteiger partial charge is 0.0148 e. The third kappa shape index (κ3) is 2.02. The fourth-order valence-corrected chi connectivity index (χ4v) is 2.16. The average molecular weight is 187 g/mol. The molecular weight excluding hydrogens is 176 g/mol. The molecular formula is C8H11Br. The van der Waals surface area contributed by atoms with E-state index in [9.17, 15) is 0 Å². The molecule has 0 aromatic rings. The molecule has 1 saturated carbocycles. The molecule has 1 aliphatic carbocycles. The van der Waals surface area contributed by atoms with Gasteiger partial charge in [0.25, 0.3) is 0 Å². The number of halogens is 1. The fraction of sp³-hybridized carbons (Fsp3) is 0.750. The summed E-state index contributed by atoms with van der Waals surface area (Å²) in [7, 11) is 0. The molecule has 0 amide bonds. The number of hydrogen-bond acceptors (Lipinski definition) is 0. The summed E-state index contributed by atoms with van der Waals surface area (Å²) in [5.74, 6) is 3.51. The summed E-state index contributed by atoms with van der Waals surface area (Å²) in [5.41, 5.74) is 0. The van der Waals surface area contributed by atoms with Gasteiger partial charge in [0.1, 0.15) is 0 Å². The first-order valence-corrected chi connectivity index (χ1v) is 4.32. The van der Waals surface area contributed by atoms with Crippen LogP contribution in [0.2, 0.25) is 0 Å². The molecule has 0 aliphatic heterocycles. The summed E-state index contributed by atoms with van der Waals surface area (Å²) >= 11 is 3.58. The molecule has 0 aromatic heterocycles. The van der Waals surface area contributed by atoms with Gasteiger partial charge < -0.3 is 0 Å². The van der Waals surface area contributed by atoms with Crippen molar-refractivity contribution < 1.29 is 0 Å². The van der Waals surface area contributed by atoms with Crippen LogP contribution in [0, 0.1) is 18.3 Å². The molecule has 0 radical (unpaired) electrons. The Kier molecular flexibility index (Phi) is 2.60. The van der Waals surface area contributed by atoms with Crippen LogP contribution in [-0.2, 0) is 0 Å². The zero-order valence-electron chi connectivity index (χ0n) is 5.44. The van der Waals surface area contributed by atoms with Gasteiger partial charge in [-0.05, 0) is 25.2 Å². The van der Waals surface area contributed by atoms with Gasteiger partial charge >= 0.3 is 0 Å². The van der Waals surface area contributed by atoms with Crippen molar-refractivity contribution in [1.29, 1.82) is 0 Å². The molecule has 0 nitrogen and oxygen atoms in total. The average Bonchev–Trinajstić information content (AvgIpc) is 2.17. The van der Waals surface area contributed by atoms with E-state index >= 15 is 0 Å². The van der Waals surface area contributed by atoms with Crippen LogP contribution in [0.4, 0.5) is 0 Å². The van der Waals surface area contributed by atoms with Gasteiger partial charge in [0.05, 0.1) is 0 Å². The van der Waals surface area contributed by atoms with Crippen LogP contribution < -0.4 is 0 Å². The van der Waals surface area contributed by atoms with Gasteiger partial charge in [0.2, 0.25) is 0 Å². The normalized spacial score (nSPS) is 34.2. The molecule has 1 fully saturated rings. The Morgan fingerprint density at radius 2 is 2.33 bits per heavy atom. The van der Waals surface area contributed by atoms with E-state index in [-0.39, 0.29) is 0 Å². The molecule has 2 unspecified atom stereocenters. The first-order chi connectivity index (χ1) is 4.33. The largest absolute Gasteiger partial charge is 0.120 e. The molecule has 0 N–H and O–H groups in total. The number of terminal acetylenes is 1. The lowest BCUT2D eigenvalue weighted by Gasteiger charge is -2.00. The van der Waals surface area contributed by atoms with Crippen molar-refractivity contribution in [2.45, 2.75) is 30.5 Å². The lowest BCUT2D eigenvalue weighted by Crippen LogP contribution is -1.92. The second kappa shape index (κ2) is 3.27. The molecule has 1 heteroatoms. The summed E-state index contributed by atoms with van der Waals surface area (Å²) in [5, 5.41) is 0. The highest BCUT2D eigenvalue weighted by Gasteiger charge is 2.20. The Bertz CT molecular complexity index is 123. The first-order valence-electron chi connectivity index (χ1n) is 3.40. The highest BCUT2D eigenvalue weighted by molar-refractivity contribution is 9.09. The monoisotopic (exact) mass is 186 g/mol. The molecule has 50 valence electrons. The summed E-state index contributed by atoms with van der Waals surface area (Å²) < 4.78 is 0. The van der Waals surface area contributed by atoms with E-state index in [1.165, 1.54) is 19.3 Å². The minimum Gasteiger partial charge on any atom is -0.120 e. The van der Waals surface area contributed by atoms with Crippen LogP contribution in [0.25, 0.3) is 0 Å². The summed E-state index contributed by atoms with van der Waals surface area (Å²) in [4.78, 5) is 0.746. The molecule has 1 aliphatic rings. The summed E-state index contributed by atoms with van der Waals surface area (Å²) in [6, 6.07) is 0. The minimum atomic E-state index is 0.746. The second-order valence-electron chi connectivity index (χ2n) is 2.68. The maximum atomic E-state index is 5.19. The summed E-state index contributed by atoms with van der Waals surface area (Å²) in [6.07, 6.45) is 10.1. The number of rotatable bonds is 1. The maximum Gasteiger partial charge on any atom is 0.0148 e. The standard InChI is InChI=1S/C8H11Br/c1-2-3-7-4-5-8(9)6-7/h1,7-8H,3-6H2. The van der Waals surface area contributed by atoms with Crippen molar-refractivity contribution in [2.75, 3.05) is 0 Å². The lowest BCUT2D eigenvalue weighted by atomic mass is 10.1. The molecule has 0 aromatic carbocycles.